The molecule has 3 N–H and O–H groups in total. The third-order valence-electron chi connectivity index (χ3n) is 3.89. The lowest BCUT2D eigenvalue weighted by Gasteiger charge is -2.16. The topological polar surface area (TPSA) is 55.1 Å². The van der Waals surface area contributed by atoms with Crippen LogP contribution in [0.4, 0.5) is 0 Å². The lowest BCUT2D eigenvalue weighted by atomic mass is 10.0. The number of nitrogens with two attached hydrogens (primary N) is 1. The summed E-state index contributed by atoms with van der Waals surface area (Å²) < 4.78 is 0. The van der Waals surface area contributed by atoms with E-state index in [1.807, 2.05) is 24.3 Å². The Bertz CT molecular complexity index is 417. The van der Waals surface area contributed by atoms with Crippen molar-refractivity contribution in [3.63, 3.8) is 0 Å². The lowest BCUT2D eigenvalue weighted by molar-refractivity contribution is 0.0945. The molecule has 1 aliphatic rings. The number of amides is 1. The summed E-state index contributed by atoms with van der Waals surface area (Å²) in [7, 11) is 0. The normalized spacial score (nSPS) is 23.0. The minimum absolute atomic E-state index is 0.0338. The van der Waals surface area contributed by atoms with Gasteiger partial charge in [-0.1, -0.05) is 31.5 Å². The van der Waals surface area contributed by atoms with Gasteiger partial charge in [-0.2, -0.15) is 0 Å². The van der Waals surface area contributed by atoms with Crippen molar-refractivity contribution in [2.24, 2.45) is 11.7 Å². The molecule has 98 valence electrons. The molecular formula is C15H22N2O. The Kier molecular flexibility index (Phi) is 4.37. The molecule has 2 rings (SSSR count). The molecule has 0 aromatic heterocycles. The van der Waals surface area contributed by atoms with Gasteiger partial charge in [-0.3, -0.25) is 4.79 Å². The first-order chi connectivity index (χ1) is 8.72. The summed E-state index contributed by atoms with van der Waals surface area (Å²) in [4.78, 5) is 12.1. The molecule has 1 aromatic rings. The van der Waals surface area contributed by atoms with Gasteiger partial charge in [0, 0.05) is 18.2 Å². The molecule has 0 heterocycles. The van der Waals surface area contributed by atoms with Gasteiger partial charge in [0.15, 0.2) is 0 Å². The van der Waals surface area contributed by atoms with Gasteiger partial charge in [0.25, 0.3) is 5.91 Å². The summed E-state index contributed by atoms with van der Waals surface area (Å²) in [5, 5.41) is 3.03. The van der Waals surface area contributed by atoms with Gasteiger partial charge in [-0.25, -0.2) is 0 Å². The van der Waals surface area contributed by atoms with Gasteiger partial charge in [0.2, 0.25) is 0 Å². The zero-order valence-electron chi connectivity index (χ0n) is 11.0. The van der Waals surface area contributed by atoms with Gasteiger partial charge in [0.1, 0.15) is 0 Å². The fourth-order valence-electron chi connectivity index (χ4n) is 2.69. The highest BCUT2D eigenvalue weighted by atomic mass is 16.1. The van der Waals surface area contributed by atoms with Crippen molar-refractivity contribution in [1.82, 2.24) is 5.32 Å². The van der Waals surface area contributed by atoms with Crippen molar-refractivity contribution >= 4 is 5.91 Å². The Hall–Kier alpha value is -1.35. The van der Waals surface area contributed by atoms with Crippen LogP contribution in [-0.2, 0) is 6.42 Å². The van der Waals surface area contributed by atoms with E-state index < -0.39 is 0 Å². The van der Waals surface area contributed by atoms with Crippen molar-refractivity contribution in [2.75, 3.05) is 6.54 Å². The van der Waals surface area contributed by atoms with Gasteiger partial charge >= 0.3 is 0 Å². The second-order valence-corrected chi connectivity index (χ2v) is 5.08. The van der Waals surface area contributed by atoms with Gasteiger partial charge < -0.3 is 11.1 Å². The maximum atomic E-state index is 12.1. The van der Waals surface area contributed by atoms with Crippen molar-refractivity contribution in [3.8, 4) is 0 Å². The molecule has 1 aromatic carbocycles. The first kappa shape index (κ1) is 13.1. The zero-order valence-corrected chi connectivity index (χ0v) is 11.0. The summed E-state index contributed by atoms with van der Waals surface area (Å²) in [5.74, 6) is 0.481. The molecule has 3 heteroatoms. The van der Waals surface area contributed by atoms with Crippen molar-refractivity contribution in [2.45, 2.75) is 38.6 Å². The maximum absolute atomic E-state index is 12.1. The maximum Gasteiger partial charge on any atom is 0.251 e. The third kappa shape index (κ3) is 2.91. The van der Waals surface area contributed by atoms with E-state index in [0.29, 0.717) is 12.5 Å². The molecule has 0 spiro atoms. The van der Waals surface area contributed by atoms with E-state index in [9.17, 15) is 4.79 Å². The van der Waals surface area contributed by atoms with E-state index in [1.165, 1.54) is 6.42 Å². The molecule has 1 saturated carbocycles. The minimum atomic E-state index is 0.0338. The predicted molar refractivity (Wildman–Crippen MR) is 73.5 cm³/mol. The molecule has 0 radical (unpaired) electrons. The average Bonchev–Trinajstić information content (AvgIpc) is 2.81. The van der Waals surface area contributed by atoms with Crippen molar-refractivity contribution < 1.29 is 4.79 Å². The molecule has 3 nitrogen and oxygen atoms in total. The number of rotatable bonds is 4. The van der Waals surface area contributed by atoms with Crippen LogP contribution >= 0.6 is 0 Å². The lowest BCUT2D eigenvalue weighted by Crippen LogP contribution is -2.36. The highest BCUT2D eigenvalue weighted by Crippen LogP contribution is 2.23. The standard InChI is InChI=1S/C15H22N2O/c1-2-11-6-3-4-8-13(11)15(18)17-10-12-7-5-9-14(12)16/h3-4,6,8,12,14H,2,5,7,9-10,16H2,1H3,(H,17,18). The molecule has 2 unspecified atom stereocenters. The number of hydrogen-bond donors (Lipinski definition) is 2. The Balaban J connectivity index is 1.95. The molecular weight excluding hydrogens is 224 g/mol. The van der Waals surface area contributed by atoms with Crippen molar-refractivity contribution in [3.05, 3.63) is 35.4 Å². The van der Waals surface area contributed by atoms with Gasteiger partial charge in [-0.15, -0.1) is 0 Å². The van der Waals surface area contributed by atoms with Crippen LogP contribution in [0.15, 0.2) is 24.3 Å². The molecule has 18 heavy (non-hydrogen) atoms. The van der Waals surface area contributed by atoms with Crippen LogP contribution in [0.2, 0.25) is 0 Å². The van der Waals surface area contributed by atoms with Crippen LogP contribution < -0.4 is 11.1 Å². The Morgan fingerprint density at radius 2 is 2.17 bits per heavy atom. The van der Waals surface area contributed by atoms with Crippen molar-refractivity contribution in [1.29, 1.82) is 0 Å². The Morgan fingerprint density at radius 1 is 1.39 bits per heavy atom. The van der Waals surface area contributed by atoms with Crippen LogP contribution in [0, 0.1) is 5.92 Å². The van der Waals surface area contributed by atoms with Crippen LogP contribution in [0.3, 0.4) is 0 Å². The molecule has 1 aliphatic carbocycles. The minimum Gasteiger partial charge on any atom is -0.352 e. The molecule has 0 saturated heterocycles. The Labute approximate surface area is 109 Å². The highest BCUT2D eigenvalue weighted by molar-refractivity contribution is 5.95. The van der Waals surface area contributed by atoms with E-state index in [2.05, 4.69) is 12.2 Å². The molecule has 1 amide bonds. The smallest absolute Gasteiger partial charge is 0.251 e. The number of carbonyl (C=O) groups excluding carboxylic acids is 1. The summed E-state index contributed by atoms with van der Waals surface area (Å²) in [6.07, 6.45) is 4.29. The Morgan fingerprint density at radius 3 is 2.83 bits per heavy atom. The third-order valence-corrected chi connectivity index (χ3v) is 3.89. The van der Waals surface area contributed by atoms with Gasteiger partial charge in [-0.05, 0) is 36.8 Å². The van der Waals surface area contributed by atoms with Crippen LogP contribution in [-0.4, -0.2) is 18.5 Å². The van der Waals surface area contributed by atoms with Crippen LogP contribution in [0.5, 0.6) is 0 Å². The summed E-state index contributed by atoms with van der Waals surface area (Å²) in [6.45, 7) is 2.77. The number of benzene rings is 1. The molecule has 2 atom stereocenters. The second kappa shape index (κ2) is 6.01. The quantitative estimate of drug-likeness (QED) is 0.855. The van der Waals surface area contributed by atoms with E-state index in [-0.39, 0.29) is 11.9 Å². The number of hydrogen-bond acceptors (Lipinski definition) is 2. The highest BCUT2D eigenvalue weighted by Gasteiger charge is 2.24. The van der Waals surface area contributed by atoms with E-state index in [0.717, 1.165) is 30.4 Å². The molecule has 0 aliphatic heterocycles. The summed E-state index contributed by atoms with van der Waals surface area (Å²) in [5.41, 5.74) is 7.91. The molecule has 0 bridgehead atoms. The van der Waals surface area contributed by atoms with Gasteiger partial charge in [0.05, 0.1) is 0 Å². The van der Waals surface area contributed by atoms with E-state index in [4.69, 9.17) is 5.73 Å². The number of carbonyl (C=O) groups is 1. The summed E-state index contributed by atoms with van der Waals surface area (Å²) in [6, 6.07) is 8.04. The number of aryl methyl sites for hydroxylation is 1. The zero-order chi connectivity index (χ0) is 13.0. The second-order valence-electron chi connectivity index (χ2n) is 5.08. The number of nitrogens with one attached hydrogen (secondary N) is 1. The predicted octanol–water partition coefficient (Wildman–Crippen LogP) is 2.11. The SMILES string of the molecule is CCc1ccccc1C(=O)NCC1CCCC1N. The molecule has 1 fully saturated rings. The first-order valence-corrected chi connectivity index (χ1v) is 6.84. The van der Waals surface area contributed by atoms with Crippen LogP contribution in [0.1, 0.15) is 42.1 Å². The fraction of sp³-hybridized carbons (Fsp3) is 0.533. The fourth-order valence-corrected chi connectivity index (χ4v) is 2.69. The summed E-state index contributed by atoms with van der Waals surface area (Å²) >= 11 is 0. The largest absolute Gasteiger partial charge is 0.352 e. The monoisotopic (exact) mass is 246 g/mol. The first-order valence-electron chi connectivity index (χ1n) is 6.84. The van der Waals surface area contributed by atoms with Crippen LogP contribution in [0.25, 0.3) is 0 Å². The average molecular weight is 246 g/mol. The van der Waals surface area contributed by atoms with E-state index >= 15 is 0 Å². The van der Waals surface area contributed by atoms with E-state index in [1.54, 1.807) is 0 Å².